The number of fused-ring (bicyclic) bond motifs is 1. The van der Waals surface area contributed by atoms with Crippen molar-refractivity contribution in [1.29, 1.82) is 0 Å². The van der Waals surface area contributed by atoms with Gasteiger partial charge >= 0.3 is 0 Å². The van der Waals surface area contributed by atoms with Crippen LogP contribution in [0.1, 0.15) is 12.7 Å². The summed E-state index contributed by atoms with van der Waals surface area (Å²) in [6, 6.07) is 5.81. The van der Waals surface area contributed by atoms with Crippen LogP contribution in [0.4, 0.5) is 0 Å². The Labute approximate surface area is 89.7 Å². The van der Waals surface area contributed by atoms with E-state index in [0.29, 0.717) is 6.42 Å². The van der Waals surface area contributed by atoms with Crippen molar-refractivity contribution < 1.29 is 4.79 Å². The largest absolute Gasteiger partial charge is 0.342 e. The first-order valence-corrected chi connectivity index (χ1v) is 5.08. The Morgan fingerprint density at radius 3 is 3.00 bits per heavy atom. The molecule has 0 radical (unpaired) electrons. The molecule has 1 aromatic carbocycles. The van der Waals surface area contributed by atoms with Gasteiger partial charge in [0.25, 0.3) is 0 Å². The van der Waals surface area contributed by atoms with E-state index in [1.807, 2.05) is 18.2 Å². The number of rotatable bonds is 2. The van der Waals surface area contributed by atoms with Crippen LogP contribution in [0.5, 0.6) is 0 Å². The van der Waals surface area contributed by atoms with E-state index in [9.17, 15) is 4.79 Å². The normalized spacial score (nSPS) is 10.7. The van der Waals surface area contributed by atoms with Crippen molar-refractivity contribution in [1.82, 2.24) is 9.97 Å². The van der Waals surface area contributed by atoms with Crippen molar-refractivity contribution in [3.63, 3.8) is 0 Å². The van der Waals surface area contributed by atoms with E-state index in [4.69, 9.17) is 0 Å². The van der Waals surface area contributed by atoms with Crippen molar-refractivity contribution in [3.05, 3.63) is 28.5 Å². The SMILES string of the molecule is CC(=O)Cc1nc2c(Br)cccc2[nH]1. The Bertz CT molecular complexity index is 490. The monoisotopic (exact) mass is 252 g/mol. The zero-order valence-electron chi connectivity index (χ0n) is 7.67. The summed E-state index contributed by atoms with van der Waals surface area (Å²) in [4.78, 5) is 18.3. The summed E-state index contributed by atoms with van der Waals surface area (Å²) in [7, 11) is 0. The molecule has 1 aromatic heterocycles. The molecule has 0 aliphatic carbocycles. The van der Waals surface area contributed by atoms with E-state index in [-0.39, 0.29) is 5.78 Å². The number of carbonyl (C=O) groups is 1. The zero-order valence-corrected chi connectivity index (χ0v) is 9.26. The van der Waals surface area contributed by atoms with Gasteiger partial charge in [-0.3, -0.25) is 4.79 Å². The highest BCUT2D eigenvalue weighted by Gasteiger charge is 2.06. The summed E-state index contributed by atoms with van der Waals surface area (Å²) in [6.45, 7) is 1.56. The molecule has 1 heterocycles. The number of carbonyl (C=O) groups excluding carboxylic acids is 1. The molecule has 0 spiro atoms. The highest BCUT2D eigenvalue weighted by Crippen LogP contribution is 2.21. The quantitative estimate of drug-likeness (QED) is 0.893. The lowest BCUT2D eigenvalue weighted by atomic mass is 10.3. The molecule has 2 aromatic rings. The van der Waals surface area contributed by atoms with E-state index in [0.717, 1.165) is 21.3 Å². The van der Waals surface area contributed by atoms with Gasteiger partial charge in [0.15, 0.2) is 0 Å². The summed E-state index contributed by atoms with van der Waals surface area (Å²) in [5.41, 5.74) is 1.83. The molecule has 72 valence electrons. The second-order valence-electron chi connectivity index (χ2n) is 3.20. The van der Waals surface area contributed by atoms with Crippen LogP contribution in [0.25, 0.3) is 11.0 Å². The molecule has 0 amide bonds. The molecule has 0 bridgehead atoms. The Kier molecular flexibility index (Phi) is 2.37. The van der Waals surface area contributed by atoms with Gasteiger partial charge in [0.1, 0.15) is 17.1 Å². The van der Waals surface area contributed by atoms with Crippen LogP contribution < -0.4 is 0 Å². The predicted octanol–water partition coefficient (Wildman–Crippen LogP) is 2.46. The maximum Gasteiger partial charge on any atom is 0.137 e. The number of H-pyrrole nitrogens is 1. The maximum atomic E-state index is 10.9. The van der Waals surface area contributed by atoms with E-state index in [1.54, 1.807) is 6.92 Å². The van der Waals surface area contributed by atoms with Crippen LogP contribution in [0.15, 0.2) is 22.7 Å². The highest BCUT2D eigenvalue weighted by atomic mass is 79.9. The smallest absolute Gasteiger partial charge is 0.137 e. The molecule has 4 heteroatoms. The van der Waals surface area contributed by atoms with Crippen LogP contribution in [0.2, 0.25) is 0 Å². The van der Waals surface area contributed by atoms with E-state index < -0.39 is 0 Å². The van der Waals surface area contributed by atoms with Gasteiger partial charge in [-0.15, -0.1) is 0 Å². The summed E-state index contributed by atoms with van der Waals surface area (Å²) in [5.74, 6) is 0.833. The fraction of sp³-hybridized carbons (Fsp3) is 0.200. The van der Waals surface area contributed by atoms with Gasteiger partial charge in [0.05, 0.1) is 11.9 Å². The lowest BCUT2D eigenvalue weighted by molar-refractivity contribution is -0.116. The molecular formula is C10H9BrN2O. The van der Waals surface area contributed by atoms with E-state index in [2.05, 4.69) is 25.9 Å². The minimum Gasteiger partial charge on any atom is -0.342 e. The number of imidazole rings is 1. The first kappa shape index (κ1) is 9.40. The van der Waals surface area contributed by atoms with Crippen LogP contribution in [-0.4, -0.2) is 15.8 Å². The number of nitrogens with zero attached hydrogens (tertiary/aromatic N) is 1. The Balaban J connectivity index is 2.51. The molecule has 0 saturated carbocycles. The lowest BCUT2D eigenvalue weighted by Crippen LogP contribution is -1.97. The van der Waals surface area contributed by atoms with Crippen LogP contribution >= 0.6 is 15.9 Å². The van der Waals surface area contributed by atoms with Gasteiger partial charge in [0, 0.05) is 4.47 Å². The number of aromatic nitrogens is 2. The van der Waals surface area contributed by atoms with Gasteiger partial charge in [-0.25, -0.2) is 4.98 Å². The van der Waals surface area contributed by atoms with Crippen molar-refractivity contribution in [2.75, 3.05) is 0 Å². The summed E-state index contributed by atoms with van der Waals surface area (Å²) < 4.78 is 0.945. The molecule has 0 saturated heterocycles. The number of halogens is 1. The molecule has 0 aliphatic rings. The second-order valence-corrected chi connectivity index (χ2v) is 4.05. The summed E-state index contributed by atoms with van der Waals surface area (Å²) >= 11 is 3.41. The molecule has 0 fully saturated rings. The third kappa shape index (κ3) is 1.70. The summed E-state index contributed by atoms with van der Waals surface area (Å²) in [5, 5.41) is 0. The lowest BCUT2D eigenvalue weighted by Gasteiger charge is -1.88. The molecule has 0 atom stereocenters. The summed E-state index contributed by atoms with van der Waals surface area (Å²) in [6.07, 6.45) is 0.362. The third-order valence-electron chi connectivity index (χ3n) is 1.93. The fourth-order valence-electron chi connectivity index (χ4n) is 1.37. The van der Waals surface area contributed by atoms with Gasteiger partial charge in [-0.2, -0.15) is 0 Å². The molecule has 0 aliphatic heterocycles. The van der Waals surface area contributed by atoms with Crippen LogP contribution in [-0.2, 0) is 11.2 Å². The van der Waals surface area contributed by atoms with Crippen molar-refractivity contribution >= 4 is 32.7 Å². The minimum absolute atomic E-state index is 0.111. The minimum atomic E-state index is 0.111. The molecule has 1 N–H and O–H groups in total. The predicted molar refractivity (Wildman–Crippen MR) is 58.2 cm³/mol. The average Bonchev–Trinajstić information content (AvgIpc) is 2.47. The number of para-hydroxylation sites is 1. The fourth-order valence-corrected chi connectivity index (χ4v) is 1.82. The molecule has 14 heavy (non-hydrogen) atoms. The number of hydrogen-bond acceptors (Lipinski definition) is 2. The Morgan fingerprint density at radius 2 is 2.36 bits per heavy atom. The van der Waals surface area contributed by atoms with Gasteiger partial charge in [-0.1, -0.05) is 6.07 Å². The molecule has 3 nitrogen and oxygen atoms in total. The molecule has 2 rings (SSSR count). The van der Waals surface area contributed by atoms with Crippen molar-refractivity contribution in [2.24, 2.45) is 0 Å². The van der Waals surface area contributed by atoms with E-state index >= 15 is 0 Å². The highest BCUT2D eigenvalue weighted by molar-refractivity contribution is 9.10. The molecule has 0 unspecified atom stereocenters. The first-order chi connectivity index (χ1) is 6.66. The van der Waals surface area contributed by atoms with Crippen molar-refractivity contribution in [3.8, 4) is 0 Å². The van der Waals surface area contributed by atoms with Gasteiger partial charge in [0.2, 0.25) is 0 Å². The number of hydrogen-bond donors (Lipinski definition) is 1. The van der Waals surface area contributed by atoms with E-state index in [1.165, 1.54) is 0 Å². The van der Waals surface area contributed by atoms with Gasteiger partial charge in [-0.05, 0) is 35.0 Å². The van der Waals surface area contributed by atoms with Crippen molar-refractivity contribution in [2.45, 2.75) is 13.3 Å². The number of ketones is 1. The maximum absolute atomic E-state index is 10.9. The van der Waals surface area contributed by atoms with Crippen LogP contribution in [0.3, 0.4) is 0 Å². The number of Topliss-reactive ketones (excluding diaryl/α,β-unsaturated/α-hetero) is 1. The first-order valence-electron chi connectivity index (χ1n) is 4.29. The standard InChI is InChI=1S/C10H9BrN2O/c1-6(14)5-9-12-8-4-2-3-7(11)10(8)13-9/h2-4H,5H2,1H3,(H,12,13). The number of benzene rings is 1. The Hall–Kier alpha value is -1.16. The second kappa shape index (κ2) is 3.53. The number of aromatic amines is 1. The number of nitrogens with one attached hydrogen (secondary N) is 1. The van der Waals surface area contributed by atoms with Gasteiger partial charge < -0.3 is 4.98 Å². The average molecular weight is 253 g/mol. The third-order valence-corrected chi connectivity index (χ3v) is 2.57. The van der Waals surface area contributed by atoms with Crippen LogP contribution in [0, 0.1) is 0 Å². The zero-order chi connectivity index (χ0) is 10.1. The molecular weight excluding hydrogens is 244 g/mol. The topological polar surface area (TPSA) is 45.8 Å². The Morgan fingerprint density at radius 1 is 1.57 bits per heavy atom.